The SMILES string of the molecule is Cc1cccc(N2CCN(C(=O)C3CCCN(C(=O)C4CC(c5cccnc5)NN4)C3)CC2)c1C. The van der Waals surface area contributed by atoms with Gasteiger partial charge in [-0.25, -0.2) is 10.9 Å². The molecule has 2 N–H and O–H groups in total. The van der Waals surface area contributed by atoms with Crippen molar-refractivity contribution in [3.05, 3.63) is 59.4 Å². The van der Waals surface area contributed by atoms with Crippen molar-refractivity contribution in [3.8, 4) is 0 Å². The minimum Gasteiger partial charge on any atom is -0.368 e. The third-order valence-electron chi connectivity index (χ3n) is 7.88. The summed E-state index contributed by atoms with van der Waals surface area (Å²) in [4.78, 5) is 37.1. The summed E-state index contributed by atoms with van der Waals surface area (Å²) < 4.78 is 0. The summed E-state index contributed by atoms with van der Waals surface area (Å²) >= 11 is 0. The molecule has 0 bridgehead atoms. The highest BCUT2D eigenvalue weighted by Crippen LogP contribution is 2.27. The van der Waals surface area contributed by atoms with Crippen LogP contribution in [-0.2, 0) is 9.59 Å². The van der Waals surface area contributed by atoms with Crippen molar-refractivity contribution in [1.82, 2.24) is 25.6 Å². The van der Waals surface area contributed by atoms with Crippen LogP contribution in [0, 0.1) is 19.8 Å². The van der Waals surface area contributed by atoms with E-state index < -0.39 is 0 Å². The molecule has 3 fully saturated rings. The molecule has 8 heteroatoms. The van der Waals surface area contributed by atoms with E-state index in [1.165, 1.54) is 16.8 Å². The zero-order valence-electron chi connectivity index (χ0n) is 20.7. The summed E-state index contributed by atoms with van der Waals surface area (Å²) in [5.41, 5.74) is 11.4. The number of benzene rings is 1. The number of anilines is 1. The van der Waals surface area contributed by atoms with Crippen molar-refractivity contribution in [2.75, 3.05) is 44.2 Å². The van der Waals surface area contributed by atoms with Crippen LogP contribution in [0.4, 0.5) is 5.69 Å². The van der Waals surface area contributed by atoms with E-state index in [0.29, 0.717) is 13.0 Å². The second kappa shape index (κ2) is 10.3. The molecule has 0 saturated carbocycles. The molecular weight excluding hydrogens is 440 g/mol. The monoisotopic (exact) mass is 476 g/mol. The van der Waals surface area contributed by atoms with Crippen molar-refractivity contribution in [2.24, 2.45) is 5.92 Å². The van der Waals surface area contributed by atoms with Gasteiger partial charge in [-0.15, -0.1) is 0 Å². The summed E-state index contributed by atoms with van der Waals surface area (Å²) in [6, 6.07) is 10.1. The lowest BCUT2D eigenvalue weighted by Crippen LogP contribution is -2.54. The Balaban J connectivity index is 1.15. The lowest BCUT2D eigenvalue weighted by Gasteiger charge is -2.40. The van der Waals surface area contributed by atoms with Gasteiger partial charge in [0.2, 0.25) is 11.8 Å². The topological polar surface area (TPSA) is 80.8 Å². The number of aryl methyl sites for hydroxylation is 1. The molecule has 186 valence electrons. The predicted octanol–water partition coefficient (Wildman–Crippen LogP) is 2.19. The molecule has 0 aliphatic carbocycles. The summed E-state index contributed by atoms with van der Waals surface area (Å²) in [6.07, 6.45) is 6.00. The zero-order valence-corrected chi connectivity index (χ0v) is 20.7. The van der Waals surface area contributed by atoms with Gasteiger partial charge in [0.15, 0.2) is 0 Å². The van der Waals surface area contributed by atoms with Gasteiger partial charge in [0.1, 0.15) is 6.04 Å². The average Bonchev–Trinajstić information content (AvgIpc) is 3.41. The molecule has 3 atom stereocenters. The Morgan fingerprint density at radius 1 is 0.943 bits per heavy atom. The molecule has 0 spiro atoms. The molecule has 2 aromatic rings. The number of carbonyl (C=O) groups excluding carboxylic acids is 2. The molecule has 3 aliphatic heterocycles. The van der Waals surface area contributed by atoms with E-state index in [-0.39, 0.29) is 29.8 Å². The Morgan fingerprint density at radius 3 is 2.54 bits per heavy atom. The fraction of sp³-hybridized carbons (Fsp3) is 0.519. The van der Waals surface area contributed by atoms with Crippen molar-refractivity contribution in [3.63, 3.8) is 0 Å². The number of hydrogen-bond donors (Lipinski definition) is 2. The maximum Gasteiger partial charge on any atom is 0.241 e. The maximum absolute atomic E-state index is 13.4. The molecule has 3 saturated heterocycles. The first-order valence-corrected chi connectivity index (χ1v) is 12.8. The Bertz CT molecular complexity index is 1050. The van der Waals surface area contributed by atoms with E-state index in [2.05, 4.69) is 52.8 Å². The predicted molar refractivity (Wildman–Crippen MR) is 136 cm³/mol. The number of nitrogens with one attached hydrogen (secondary N) is 2. The van der Waals surface area contributed by atoms with Gasteiger partial charge in [0.25, 0.3) is 0 Å². The second-order valence-corrected chi connectivity index (χ2v) is 10.1. The zero-order chi connectivity index (χ0) is 24.4. The molecule has 4 heterocycles. The molecule has 5 rings (SSSR count). The van der Waals surface area contributed by atoms with Crippen LogP contribution < -0.4 is 15.8 Å². The number of likely N-dealkylation sites (tertiary alicyclic amines) is 1. The third-order valence-corrected chi connectivity index (χ3v) is 7.88. The van der Waals surface area contributed by atoms with Crippen LogP contribution in [0.25, 0.3) is 0 Å². The van der Waals surface area contributed by atoms with Crippen LogP contribution in [0.3, 0.4) is 0 Å². The van der Waals surface area contributed by atoms with Gasteiger partial charge in [-0.1, -0.05) is 18.2 Å². The summed E-state index contributed by atoms with van der Waals surface area (Å²) in [5, 5.41) is 0. The van der Waals surface area contributed by atoms with Gasteiger partial charge in [0, 0.05) is 63.4 Å². The number of aromatic nitrogens is 1. The number of piperidine rings is 1. The highest BCUT2D eigenvalue weighted by Gasteiger charge is 2.37. The number of carbonyl (C=O) groups is 2. The van der Waals surface area contributed by atoms with Crippen LogP contribution in [0.15, 0.2) is 42.7 Å². The quantitative estimate of drug-likeness (QED) is 0.704. The minimum atomic E-state index is -0.282. The van der Waals surface area contributed by atoms with Crippen LogP contribution in [0.1, 0.15) is 42.0 Å². The Morgan fingerprint density at radius 2 is 1.77 bits per heavy atom. The van der Waals surface area contributed by atoms with E-state index in [1.807, 2.05) is 28.1 Å². The number of nitrogens with zero attached hydrogens (tertiary/aromatic N) is 4. The van der Waals surface area contributed by atoms with Crippen LogP contribution in [-0.4, -0.2) is 71.9 Å². The summed E-state index contributed by atoms with van der Waals surface area (Å²) in [5.74, 6) is 0.179. The Hall–Kier alpha value is -2.97. The molecule has 35 heavy (non-hydrogen) atoms. The van der Waals surface area contributed by atoms with Crippen LogP contribution >= 0.6 is 0 Å². The first kappa shape index (κ1) is 23.8. The number of hydrogen-bond acceptors (Lipinski definition) is 6. The lowest BCUT2D eigenvalue weighted by molar-refractivity contribution is -0.142. The normalized spacial score (nSPS) is 25.1. The molecule has 0 radical (unpaired) electrons. The molecule has 1 aromatic heterocycles. The van der Waals surface area contributed by atoms with Crippen molar-refractivity contribution in [1.29, 1.82) is 0 Å². The minimum absolute atomic E-state index is 0.0632. The Labute approximate surface area is 207 Å². The van der Waals surface area contributed by atoms with Crippen molar-refractivity contribution < 1.29 is 9.59 Å². The number of amides is 2. The Kier molecular flexibility index (Phi) is 7.02. The van der Waals surface area contributed by atoms with Crippen LogP contribution in [0.5, 0.6) is 0 Å². The fourth-order valence-corrected chi connectivity index (χ4v) is 5.62. The number of rotatable bonds is 4. The van der Waals surface area contributed by atoms with Gasteiger partial charge >= 0.3 is 0 Å². The van der Waals surface area contributed by atoms with Gasteiger partial charge < -0.3 is 14.7 Å². The molecule has 8 nitrogen and oxygen atoms in total. The first-order valence-electron chi connectivity index (χ1n) is 12.8. The van der Waals surface area contributed by atoms with Gasteiger partial charge in [-0.3, -0.25) is 14.6 Å². The number of piperazine rings is 1. The van der Waals surface area contributed by atoms with E-state index in [4.69, 9.17) is 0 Å². The fourth-order valence-electron chi connectivity index (χ4n) is 5.62. The standard InChI is InChI=1S/C27H36N6O2/c1-19-6-3-9-25(20(19)2)31-12-14-32(15-13-31)26(34)22-8-5-11-33(18-22)27(35)24-16-23(29-30-24)21-7-4-10-28-17-21/h3-4,6-7,9-10,17,22-24,29-30H,5,8,11-16,18H2,1-2H3. The third kappa shape index (κ3) is 5.04. The van der Waals surface area contributed by atoms with Gasteiger partial charge in [0.05, 0.1) is 5.92 Å². The van der Waals surface area contributed by atoms with E-state index in [0.717, 1.165) is 51.1 Å². The van der Waals surface area contributed by atoms with Gasteiger partial charge in [-0.05, 0) is 61.9 Å². The highest BCUT2D eigenvalue weighted by molar-refractivity contribution is 5.84. The van der Waals surface area contributed by atoms with E-state index in [9.17, 15) is 9.59 Å². The second-order valence-electron chi connectivity index (χ2n) is 10.1. The van der Waals surface area contributed by atoms with Crippen molar-refractivity contribution in [2.45, 2.75) is 45.2 Å². The highest BCUT2D eigenvalue weighted by atomic mass is 16.2. The molecule has 3 aliphatic rings. The maximum atomic E-state index is 13.4. The molecular formula is C27H36N6O2. The van der Waals surface area contributed by atoms with Crippen molar-refractivity contribution >= 4 is 17.5 Å². The van der Waals surface area contributed by atoms with Gasteiger partial charge in [-0.2, -0.15) is 0 Å². The molecule has 2 amide bonds. The lowest BCUT2D eigenvalue weighted by atomic mass is 9.95. The average molecular weight is 477 g/mol. The molecule has 3 unspecified atom stereocenters. The number of hydrazine groups is 1. The number of pyridine rings is 1. The summed E-state index contributed by atoms with van der Waals surface area (Å²) in [7, 11) is 0. The first-order chi connectivity index (χ1) is 17.0. The smallest absolute Gasteiger partial charge is 0.241 e. The summed E-state index contributed by atoms with van der Waals surface area (Å²) in [6.45, 7) is 8.71. The molecule has 1 aromatic carbocycles. The van der Waals surface area contributed by atoms with E-state index in [1.54, 1.807) is 6.20 Å². The largest absolute Gasteiger partial charge is 0.368 e. The van der Waals surface area contributed by atoms with E-state index >= 15 is 0 Å². The van der Waals surface area contributed by atoms with Crippen LogP contribution in [0.2, 0.25) is 0 Å².